The average molecular weight is 366 g/mol. The Hall–Kier alpha value is -0.750. The van der Waals surface area contributed by atoms with Crippen LogP contribution in [0.1, 0.15) is 11.1 Å². The monoisotopic (exact) mass is 366 g/mol. The largest absolute Gasteiger partial charge is 0.218 e. The molecule has 2 nitrogen and oxygen atoms in total. The Labute approximate surface area is 142 Å². The Bertz CT molecular complexity index is 761. The Balaban J connectivity index is 2.74. The van der Waals surface area contributed by atoms with Crippen LogP contribution in [-0.2, 0) is 9.84 Å². The molecule has 0 spiro atoms. The summed E-state index contributed by atoms with van der Waals surface area (Å²) in [6.45, 7) is 12.4. The fourth-order valence-electron chi connectivity index (χ4n) is 2.53. The second-order valence-electron chi connectivity index (χ2n) is 6.23. The molecule has 0 saturated heterocycles. The maximum Gasteiger partial charge on any atom is 0.207 e. The minimum Gasteiger partial charge on any atom is -0.218 e. The first-order valence-electron chi connectivity index (χ1n) is 7.45. The maximum absolute atomic E-state index is 13.3. The summed E-state index contributed by atoms with van der Waals surface area (Å²) in [5, 5.41) is 1.92. The van der Waals surface area contributed by atoms with Crippen molar-refractivity contribution in [3.63, 3.8) is 0 Å². The summed E-state index contributed by atoms with van der Waals surface area (Å²) in [6, 6.07) is 11.4. The first-order chi connectivity index (χ1) is 10.6. The highest BCUT2D eigenvalue weighted by Crippen LogP contribution is 2.34. The third kappa shape index (κ3) is 3.85. The molecule has 23 heavy (non-hydrogen) atoms. The van der Waals surface area contributed by atoms with E-state index in [2.05, 4.69) is 26.7 Å². The van der Waals surface area contributed by atoms with Gasteiger partial charge in [-0.15, -0.1) is 0 Å². The van der Waals surface area contributed by atoms with Crippen molar-refractivity contribution in [2.75, 3.05) is 26.7 Å². The van der Waals surface area contributed by atoms with Crippen molar-refractivity contribution in [3.05, 3.63) is 47.5 Å². The Morgan fingerprint density at radius 2 is 1.04 bits per heavy atom. The molecule has 2 rings (SSSR count). The molecule has 5 heteroatoms. The second-order valence-corrected chi connectivity index (χ2v) is 12.7. The molecule has 0 radical (unpaired) electrons. The fourth-order valence-corrected chi connectivity index (χ4v) is 7.70. The van der Waals surface area contributed by atoms with E-state index in [1.165, 1.54) is 0 Å². The van der Waals surface area contributed by atoms with E-state index < -0.39 is 25.7 Å². The molecule has 0 saturated carbocycles. The standard InChI is InChI=1S/C18H24O2P2S/c1-13-7-9-17(15(11-13)21(3)4)23(19,20)18-10-8-14(2)12-16(18)22(5)6/h7-12H,1-6H3. The van der Waals surface area contributed by atoms with Gasteiger partial charge >= 0.3 is 0 Å². The summed E-state index contributed by atoms with van der Waals surface area (Å²) in [4.78, 5) is 0.947. The number of rotatable bonds is 4. The van der Waals surface area contributed by atoms with Crippen molar-refractivity contribution in [2.24, 2.45) is 0 Å². The smallest absolute Gasteiger partial charge is 0.207 e. The van der Waals surface area contributed by atoms with Gasteiger partial charge in [-0.25, -0.2) is 8.42 Å². The highest BCUT2D eigenvalue weighted by atomic mass is 32.2. The lowest BCUT2D eigenvalue weighted by atomic mass is 10.2. The average Bonchev–Trinajstić information content (AvgIpc) is 2.46. The first-order valence-corrected chi connectivity index (χ1v) is 13.4. The zero-order chi connectivity index (χ0) is 17.4. The summed E-state index contributed by atoms with van der Waals surface area (Å²) < 4.78 is 26.7. The van der Waals surface area contributed by atoms with Crippen LogP contribution in [0.5, 0.6) is 0 Å². The van der Waals surface area contributed by atoms with Gasteiger partial charge in [0, 0.05) is 0 Å². The van der Waals surface area contributed by atoms with Crippen LogP contribution in [0.3, 0.4) is 0 Å². The molecule has 2 aromatic rings. The molecule has 0 aromatic heterocycles. The van der Waals surface area contributed by atoms with E-state index in [9.17, 15) is 8.42 Å². The predicted octanol–water partition coefficient (Wildman–Crippen LogP) is 3.87. The van der Waals surface area contributed by atoms with E-state index >= 15 is 0 Å². The van der Waals surface area contributed by atoms with Gasteiger partial charge in [-0.05, 0) is 63.2 Å². The summed E-state index contributed by atoms with van der Waals surface area (Å²) in [5.41, 5.74) is 2.21. The fraction of sp³-hybridized carbons (Fsp3) is 0.333. The molecular formula is C18H24O2P2S. The molecule has 0 amide bonds. The van der Waals surface area contributed by atoms with E-state index in [0.29, 0.717) is 9.79 Å². The molecule has 0 atom stereocenters. The Morgan fingerprint density at radius 1 is 0.696 bits per heavy atom. The van der Waals surface area contributed by atoms with Gasteiger partial charge in [-0.1, -0.05) is 51.2 Å². The van der Waals surface area contributed by atoms with Crippen LogP contribution < -0.4 is 10.6 Å². The number of sulfone groups is 1. The topological polar surface area (TPSA) is 34.1 Å². The molecule has 0 heterocycles. The molecule has 0 N–H and O–H groups in total. The van der Waals surface area contributed by atoms with Crippen molar-refractivity contribution in [2.45, 2.75) is 23.6 Å². The maximum atomic E-state index is 13.3. The molecule has 0 fully saturated rings. The highest BCUT2D eigenvalue weighted by Gasteiger charge is 2.26. The minimum atomic E-state index is -3.49. The van der Waals surface area contributed by atoms with Crippen LogP contribution >= 0.6 is 15.8 Å². The van der Waals surface area contributed by atoms with Crippen LogP contribution in [-0.4, -0.2) is 35.1 Å². The predicted molar refractivity (Wildman–Crippen MR) is 105 cm³/mol. The van der Waals surface area contributed by atoms with Crippen LogP contribution in [0, 0.1) is 13.8 Å². The van der Waals surface area contributed by atoms with Gasteiger partial charge in [-0.3, -0.25) is 0 Å². The lowest BCUT2D eigenvalue weighted by Gasteiger charge is -2.18. The quantitative estimate of drug-likeness (QED) is 0.770. The van der Waals surface area contributed by atoms with Crippen LogP contribution in [0.4, 0.5) is 0 Å². The Morgan fingerprint density at radius 3 is 1.35 bits per heavy atom. The molecule has 0 aliphatic heterocycles. The van der Waals surface area contributed by atoms with E-state index in [-0.39, 0.29) is 0 Å². The number of hydrogen-bond acceptors (Lipinski definition) is 2. The zero-order valence-corrected chi connectivity index (χ0v) is 17.2. The van der Waals surface area contributed by atoms with Crippen molar-refractivity contribution >= 4 is 36.3 Å². The number of aryl methyl sites for hydroxylation is 2. The van der Waals surface area contributed by atoms with E-state index in [4.69, 9.17) is 0 Å². The molecule has 124 valence electrons. The Kier molecular flexibility index (Phi) is 5.67. The summed E-state index contributed by atoms with van der Waals surface area (Å²) in [7, 11) is -4.48. The van der Waals surface area contributed by atoms with Crippen LogP contribution in [0.15, 0.2) is 46.2 Å². The SMILES string of the molecule is Cc1ccc(S(=O)(=O)c2ccc(C)cc2P(C)C)c(P(C)C)c1. The molecule has 0 aliphatic carbocycles. The third-order valence-corrected chi connectivity index (χ3v) is 8.61. The zero-order valence-electron chi connectivity index (χ0n) is 14.6. The van der Waals surface area contributed by atoms with Gasteiger partial charge in [0.05, 0.1) is 9.79 Å². The van der Waals surface area contributed by atoms with Gasteiger partial charge in [0.1, 0.15) is 0 Å². The van der Waals surface area contributed by atoms with Gasteiger partial charge in [-0.2, -0.15) is 0 Å². The normalized spacial score (nSPS) is 12.2. The number of hydrogen-bond donors (Lipinski definition) is 0. The van der Waals surface area contributed by atoms with Crippen molar-refractivity contribution < 1.29 is 8.42 Å². The number of benzene rings is 2. The minimum absolute atomic E-state index is 0.473. The van der Waals surface area contributed by atoms with Crippen molar-refractivity contribution in [1.82, 2.24) is 0 Å². The van der Waals surface area contributed by atoms with E-state index in [0.717, 1.165) is 21.7 Å². The second kappa shape index (κ2) is 7.01. The van der Waals surface area contributed by atoms with E-state index in [1.54, 1.807) is 12.1 Å². The lowest BCUT2D eigenvalue weighted by molar-refractivity contribution is 0.597. The molecular weight excluding hydrogens is 342 g/mol. The highest BCUT2D eigenvalue weighted by molar-refractivity contribution is 7.93. The van der Waals surface area contributed by atoms with Crippen molar-refractivity contribution in [3.8, 4) is 0 Å². The van der Waals surface area contributed by atoms with E-state index in [1.807, 2.05) is 38.1 Å². The first kappa shape index (κ1) is 18.6. The summed E-state index contributed by atoms with van der Waals surface area (Å²) in [6.07, 6.45) is 0. The molecule has 0 aliphatic rings. The van der Waals surface area contributed by atoms with Crippen molar-refractivity contribution in [1.29, 1.82) is 0 Å². The molecule has 0 bridgehead atoms. The third-order valence-electron chi connectivity index (χ3n) is 3.77. The molecule has 2 aromatic carbocycles. The molecule has 0 unspecified atom stereocenters. The summed E-state index contributed by atoms with van der Waals surface area (Å²) in [5.74, 6) is 0. The van der Waals surface area contributed by atoms with Crippen LogP contribution in [0.2, 0.25) is 0 Å². The van der Waals surface area contributed by atoms with Gasteiger partial charge < -0.3 is 0 Å². The lowest BCUT2D eigenvalue weighted by Crippen LogP contribution is -2.20. The summed E-state index contributed by atoms with van der Waals surface area (Å²) >= 11 is 0. The van der Waals surface area contributed by atoms with Gasteiger partial charge in [0.25, 0.3) is 0 Å². The van der Waals surface area contributed by atoms with Gasteiger partial charge in [0.2, 0.25) is 9.84 Å². The van der Waals surface area contributed by atoms with Gasteiger partial charge in [0.15, 0.2) is 0 Å². The van der Waals surface area contributed by atoms with Crippen LogP contribution in [0.25, 0.3) is 0 Å².